The zero-order chi connectivity index (χ0) is 11.7. The first-order valence-corrected chi connectivity index (χ1v) is 5.34. The molecule has 1 rings (SSSR count). The van der Waals surface area contributed by atoms with E-state index in [2.05, 4.69) is 0 Å². The number of ether oxygens (including phenoxy) is 2. The van der Waals surface area contributed by atoms with Crippen LogP contribution in [0.25, 0.3) is 0 Å². The van der Waals surface area contributed by atoms with E-state index in [-0.39, 0.29) is 5.97 Å². The highest BCUT2D eigenvalue weighted by Gasteiger charge is 2.47. The topological polar surface area (TPSA) is 61.5 Å². The van der Waals surface area contributed by atoms with Crippen molar-refractivity contribution in [3.05, 3.63) is 0 Å². The fourth-order valence-corrected chi connectivity index (χ4v) is 1.75. The number of carbonyl (C=O) groups excluding carboxylic acids is 1. The second-order valence-electron chi connectivity index (χ2n) is 5.13. The molecule has 0 amide bonds. The van der Waals surface area contributed by atoms with E-state index in [1.165, 1.54) is 0 Å². The van der Waals surface area contributed by atoms with Crippen LogP contribution in [0.4, 0.5) is 0 Å². The third-order valence-electron chi connectivity index (χ3n) is 2.83. The molecule has 1 saturated carbocycles. The van der Waals surface area contributed by atoms with Crippen LogP contribution in [0.5, 0.6) is 0 Å². The van der Waals surface area contributed by atoms with E-state index in [4.69, 9.17) is 15.2 Å². The van der Waals surface area contributed by atoms with Gasteiger partial charge in [-0.05, 0) is 40.0 Å². The molecular formula is C11H21NO3. The Kier molecular flexibility index (Phi) is 3.41. The van der Waals surface area contributed by atoms with Crippen molar-refractivity contribution >= 4 is 5.97 Å². The number of methoxy groups -OCH3 is 1. The summed E-state index contributed by atoms with van der Waals surface area (Å²) in [6.07, 6.45) is 2.73. The van der Waals surface area contributed by atoms with Crippen LogP contribution in [-0.4, -0.2) is 30.3 Å². The highest BCUT2D eigenvalue weighted by molar-refractivity contribution is 5.77. The number of hydrogen-bond acceptors (Lipinski definition) is 4. The predicted molar refractivity (Wildman–Crippen MR) is 57.4 cm³/mol. The Bertz CT molecular complexity index is 235. The summed E-state index contributed by atoms with van der Waals surface area (Å²) in [7, 11) is 1.60. The number of nitrogens with two attached hydrogens (primary N) is 1. The SMILES string of the molecule is COC1(C(N)C(=O)OC(C)(C)C)CCC1. The third-order valence-corrected chi connectivity index (χ3v) is 2.83. The fourth-order valence-electron chi connectivity index (χ4n) is 1.75. The van der Waals surface area contributed by atoms with Crippen molar-refractivity contribution in [3.63, 3.8) is 0 Å². The summed E-state index contributed by atoms with van der Waals surface area (Å²) in [6.45, 7) is 5.49. The monoisotopic (exact) mass is 215 g/mol. The van der Waals surface area contributed by atoms with E-state index >= 15 is 0 Å². The number of carbonyl (C=O) groups is 1. The summed E-state index contributed by atoms with van der Waals surface area (Å²) in [5.41, 5.74) is 4.90. The standard InChI is InChI=1S/C11H21NO3/c1-10(2,3)15-9(13)8(12)11(14-4)6-5-7-11/h8H,5-7,12H2,1-4H3. The first-order chi connectivity index (χ1) is 6.81. The molecule has 0 aromatic carbocycles. The van der Waals surface area contributed by atoms with Crippen LogP contribution < -0.4 is 5.73 Å². The zero-order valence-electron chi connectivity index (χ0n) is 10.0. The van der Waals surface area contributed by atoms with Crippen LogP contribution in [0.3, 0.4) is 0 Å². The molecule has 0 heterocycles. The molecule has 88 valence electrons. The molecule has 0 saturated heterocycles. The lowest BCUT2D eigenvalue weighted by atomic mass is 9.74. The minimum Gasteiger partial charge on any atom is -0.459 e. The molecule has 1 fully saturated rings. The molecule has 1 aliphatic carbocycles. The molecule has 4 nitrogen and oxygen atoms in total. The summed E-state index contributed by atoms with van der Waals surface area (Å²) in [4.78, 5) is 11.7. The Balaban J connectivity index is 2.60. The minimum atomic E-state index is -0.671. The lowest BCUT2D eigenvalue weighted by Gasteiger charge is -2.44. The van der Waals surface area contributed by atoms with Crippen molar-refractivity contribution in [1.82, 2.24) is 0 Å². The Hall–Kier alpha value is -0.610. The van der Waals surface area contributed by atoms with Gasteiger partial charge in [-0.1, -0.05) is 0 Å². The van der Waals surface area contributed by atoms with Gasteiger partial charge in [-0.2, -0.15) is 0 Å². The number of hydrogen-bond donors (Lipinski definition) is 1. The van der Waals surface area contributed by atoms with Gasteiger partial charge in [0.2, 0.25) is 0 Å². The maximum absolute atomic E-state index is 11.7. The van der Waals surface area contributed by atoms with Crippen LogP contribution in [0.2, 0.25) is 0 Å². The molecular weight excluding hydrogens is 194 g/mol. The van der Waals surface area contributed by atoms with Crippen molar-refractivity contribution in [1.29, 1.82) is 0 Å². The van der Waals surface area contributed by atoms with Gasteiger partial charge in [-0.25, -0.2) is 0 Å². The van der Waals surface area contributed by atoms with Gasteiger partial charge in [0, 0.05) is 7.11 Å². The Labute approximate surface area is 91.1 Å². The van der Waals surface area contributed by atoms with Gasteiger partial charge >= 0.3 is 5.97 Å². The predicted octanol–water partition coefficient (Wildman–Crippen LogP) is 1.22. The van der Waals surface area contributed by atoms with E-state index in [0.717, 1.165) is 19.3 Å². The zero-order valence-corrected chi connectivity index (χ0v) is 10.0. The first-order valence-electron chi connectivity index (χ1n) is 5.34. The minimum absolute atomic E-state index is 0.371. The largest absolute Gasteiger partial charge is 0.459 e. The first kappa shape index (κ1) is 12.5. The lowest BCUT2D eigenvalue weighted by molar-refractivity contribution is -0.171. The average Bonchev–Trinajstić information content (AvgIpc) is 1.99. The second-order valence-corrected chi connectivity index (χ2v) is 5.13. The molecule has 1 atom stereocenters. The smallest absolute Gasteiger partial charge is 0.326 e. The summed E-state index contributed by atoms with van der Waals surface area (Å²) < 4.78 is 10.6. The molecule has 0 radical (unpaired) electrons. The normalized spacial score (nSPS) is 21.7. The summed E-state index contributed by atoms with van der Waals surface area (Å²) in [5, 5.41) is 0. The van der Waals surface area contributed by atoms with Crippen LogP contribution >= 0.6 is 0 Å². The number of rotatable bonds is 3. The third kappa shape index (κ3) is 2.69. The maximum Gasteiger partial charge on any atom is 0.326 e. The average molecular weight is 215 g/mol. The van der Waals surface area contributed by atoms with Gasteiger partial charge < -0.3 is 15.2 Å². The second kappa shape index (κ2) is 4.10. The van der Waals surface area contributed by atoms with Crippen LogP contribution in [-0.2, 0) is 14.3 Å². The van der Waals surface area contributed by atoms with E-state index in [9.17, 15) is 4.79 Å². The van der Waals surface area contributed by atoms with E-state index in [1.807, 2.05) is 20.8 Å². The molecule has 0 aromatic heterocycles. The van der Waals surface area contributed by atoms with Gasteiger partial charge in [0.1, 0.15) is 11.6 Å². The van der Waals surface area contributed by atoms with Crippen LogP contribution in [0, 0.1) is 0 Å². The summed E-state index contributed by atoms with van der Waals surface area (Å²) in [6, 6.07) is -0.671. The Morgan fingerprint density at radius 2 is 1.93 bits per heavy atom. The highest BCUT2D eigenvalue weighted by atomic mass is 16.6. The fraction of sp³-hybridized carbons (Fsp3) is 0.909. The van der Waals surface area contributed by atoms with Crippen molar-refractivity contribution in [2.75, 3.05) is 7.11 Å². The molecule has 1 unspecified atom stereocenters. The van der Waals surface area contributed by atoms with Gasteiger partial charge in [0.25, 0.3) is 0 Å². The molecule has 4 heteroatoms. The van der Waals surface area contributed by atoms with Gasteiger partial charge in [0.05, 0.1) is 5.60 Å². The Morgan fingerprint density at radius 1 is 1.40 bits per heavy atom. The number of esters is 1. The molecule has 0 aliphatic heterocycles. The van der Waals surface area contributed by atoms with E-state index < -0.39 is 17.2 Å². The maximum atomic E-state index is 11.7. The molecule has 0 bridgehead atoms. The van der Waals surface area contributed by atoms with E-state index in [1.54, 1.807) is 7.11 Å². The van der Waals surface area contributed by atoms with Gasteiger partial charge in [-0.3, -0.25) is 4.79 Å². The van der Waals surface area contributed by atoms with Crippen LogP contribution in [0.15, 0.2) is 0 Å². The van der Waals surface area contributed by atoms with Crippen molar-refractivity contribution in [2.24, 2.45) is 5.73 Å². The molecule has 0 spiro atoms. The van der Waals surface area contributed by atoms with Gasteiger partial charge in [-0.15, -0.1) is 0 Å². The molecule has 2 N–H and O–H groups in total. The molecule has 1 aliphatic rings. The quantitative estimate of drug-likeness (QED) is 0.719. The van der Waals surface area contributed by atoms with Crippen LogP contribution in [0.1, 0.15) is 40.0 Å². The van der Waals surface area contributed by atoms with Gasteiger partial charge in [0.15, 0.2) is 0 Å². The van der Waals surface area contributed by atoms with Crippen molar-refractivity contribution in [2.45, 2.75) is 57.3 Å². The highest BCUT2D eigenvalue weighted by Crippen LogP contribution is 2.37. The van der Waals surface area contributed by atoms with Crippen molar-refractivity contribution in [3.8, 4) is 0 Å². The molecule has 15 heavy (non-hydrogen) atoms. The van der Waals surface area contributed by atoms with Crippen molar-refractivity contribution < 1.29 is 14.3 Å². The van der Waals surface area contributed by atoms with E-state index in [0.29, 0.717) is 0 Å². The Morgan fingerprint density at radius 3 is 2.20 bits per heavy atom. The summed E-state index contributed by atoms with van der Waals surface area (Å²) in [5.74, 6) is -0.371. The lowest BCUT2D eigenvalue weighted by Crippen LogP contribution is -2.59. The summed E-state index contributed by atoms with van der Waals surface area (Å²) >= 11 is 0. The molecule has 0 aromatic rings.